The van der Waals surface area contributed by atoms with Crippen LogP contribution in [0.1, 0.15) is 289 Å². The second kappa shape index (κ2) is 35.7. The van der Waals surface area contributed by atoms with Crippen LogP contribution in [0.3, 0.4) is 0 Å². The van der Waals surface area contributed by atoms with Crippen LogP contribution in [-0.2, 0) is 0 Å². The lowest BCUT2D eigenvalue weighted by Crippen LogP contribution is -1.98. The zero-order valence-corrected chi connectivity index (χ0v) is 42.1. The molecule has 0 radical (unpaired) electrons. The molecule has 5 rings (SSSR count). The lowest BCUT2D eigenvalue weighted by atomic mass is 9.96. The Kier molecular flexibility index (Phi) is 38.7. The minimum atomic E-state index is 0. The number of rotatable bonds is 10. The predicted molar refractivity (Wildman–Crippen MR) is 300 cm³/mol. The fourth-order valence-electron chi connectivity index (χ4n) is 5.74. The molecule has 0 atom stereocenters. The molecule has 0 fully saturated rings. The highest BCUT2D eigenvalue weighted by atomic mass is 32.1. The molecule has 0 unspecified atom stereocenters. The van der Waals surface area contributed by atoms with Crippen molar-refractivity contribution in [3.05, 3.63) is 152 Å². The molecule has 0 aliphatic carbocycles. The summed E-state index contributed by atoms with van der Waals surface area (Å²) in [4.78, 5) is 12.0. The van der Waals surface area contributed by atoms with Gasteiger partial charge >= 0.3 is 0 Å². The average Bonchev–Trinajstić information content (AvgIpc) is 3.71. The summed E-state index contributed by atoms with van der Waals surface area (Å²) in [5.41, 5.74) is 10.6. The van der Waals surface area contributed by atoms with Crippen LogP contribution in [0.5, 0.6) is 0 Å². The summed E-state index contributed by atoms with van der Waals surface area (Å²) >= 11 is 1.95. The lowest BCUT2D eigenvalue weighted by molar-refractivity contribution is 0.765. The molecule has 2 nitrogen and oxygen atoms in total. The Hall–Kier alpha value is -3.56. The van der Waals surface area contributed by atoms with E-state index in [1.165, 1.54) is 54.7 Å². The fourth-order valence-corrected chi connectivity index (χ4v) is 6.76. The van der Waals surface area contributed by atoms with Crippen LogP contribution >= 0.6 is 11.3 Å². The smallest absolute Gasteiger partial charge is 0.0432 e. The first-order chi connectivity index (χ1) is 27.5. The average molecular weight is 900 g/mol. The maximum absolute atomic E-state index is 4.57. The van der Waals surface area contributed by atoms with Gasteiger partial charge in [0.2, 0.25) is 0 Å². The van der Waals surface area contributed by atoms with E-state index in [4.69, 9.17) is 0 Å². The highest BCUT2D eigenvalue weighted by molar-refractivity contribution is 7.12. The molecule has 64 heavy (non-hydrogen) atoms. The molecule has 3 heterocycles. The van der Waals surface area contributed by atoms with Gasteiger partial charge in [-0.25, -0.2) is 0 Å². The zero-order valence-electron chi connectivity index (χ0n) is 41.3. The van der Waals surface area contributed by atoms with Crippen molar-refractivity contribution in [3.63, 3.8) is 0 Å². The zero-order chi connectivity index (χ0) is 45.0. The van der Waals surface area contributed by atoms with Crippen molar-refractivity contribution >= 4 is 11.3 Å². The molecule has 0 bridgehead atoms. The molecule has 0 aliphatic rings. The third kappa shape index (κ3) is 26.4. The first-order valence-electron chi connectivity index (χ1n) is 22.8. The van der Waals surface area contributed by atoms with Crippen LogP contribution in [0, 0.1) is 0 Å². The summed E-state index contributed by atoms with van der Waals surface area (Å²) in [6.07, 6.45) is 1.99. The van der Waals surface area contributed by atoms with Gasteiger partial charge in [0.25, 0.3) is 0 Å². The van der Waals surface area contributed by atoms with Gasteiger partial charge in [-0.1, -0.05) is 236 Å². The van der Waals surface area contributed by atoms with Crippen molar-refractivity contribution < 1.29 is 0 Å². The maximum Gasteiger partial charge on any atom is 0.0432 e. The van der Waals surface area contributed by atoms with Crippen molar-refractivity contribution in [3.8, 4) is 0 Å². The van der Waals surface area contributed by atoms with E-state index >= 15 is 0 Å². The first kappa shape index (κ1) is 69.5. The molecule has 366 valence electrons. The SMILES string of the molecule is C.C.C.C.C.CC(C)c1ccc(C(C)C)cc1.CC(C)c1ccc(C(C)C)nc1.CC(C)c1ccc(C(C)C)s1.CC(C)c1cccc(C(C)C)c1.CC(C)c1cccc(C(C)C)n1. The van der Waals surface area contributed by atoms with E-state index < -0.39 is 0 Å². The summed E-state index contributed by atoms with van der Waals surface area (Å²) in [6.45, 7) is 44.2. The number of pyridine rings is 2. The maximum atomic E-state index is 4.57. The van der Waals surface area contributed by atoms with Crippen molar-refractivity contribution in [2.45, 2.75) is 235 Å². The van der Waals surface area contributed by atoms with Crippen LogP contribution in [0.25, 0.3) is 0 Å². The van der Waals surface area contributed by atoms with Gasteiger partial charge in [-0.3, -0.25) is 9.97 Å². The third-order valence-electron chi connectivity index (χ3n) is 10.3. The van der Waals surface area contributed by atoms with E-state index in [9.17, 15) is 0 Å². The van der Waals surface area contributed by atoms with Gasteiger partial charge in [-0.2, -0.15) is 0 Å². The van der Waals surface area contributed by atoms with Crippen molar-refractivity contribution in [1.29, 1.82) is 0 Å². The Morgan fingerprint density at radius 1 is 0.297 bits per heavy atom. The van der Waals surface area contributed by atoms with E-state index in [1.807, 2.05) is 17.5 Å². The van der Waals surface area contributed by atoms with Crippen LogP contribution in [0.15, 0.2) is 97.2 Å². The monoisotopic (exact) mass is 899 g/mol. The van der Waals surface area contributed by atoms with Gasteiger partial charge in [0.05, 0.1) is 0 Å². The quantitative estimate of drug-likeness (QED) is 0.140. The van der Waals surface area contributed by atoms with E-state index in [-0.39, 0.29) is 37.1 Å². The Balaban J connectivity index is -0.000000222. The molecule has 0 spiro atoms. The Morgan fingerprint density at radius 3 is 0.859 bits per heavy atom. The van der Waals surface area contributed by atoms with Gasteiger partial charge in [0.15, 0.2) is 0 Å². The van der Waals surface area contributed by atoms with Crippen LogP contribution in [0.4, 0.5) is 0 Å². The van der Waals surface area contributed by atoms with Gasteiger partial charge in [0, 0.05) is 33.0 Å². The number of nitrogens with zero attached hydrogens (tertiary/aromatic N) is 2. The predicted octanol–water partition coefficient (Wildman–Crippen LogP) is 21.7. The van der Waals surface area contributed by atoms with Gasteiger partial charge in [0.1, 0.15) is 0 Å². The highest BCUT2D eigenvalue weighted by Crippen LogP contribution is 2.29. The normalized spacial score (nSPS) is 10.3. The molecule has 0 aliphatic heterocycles. The van der Waals surface area contributed by atoms with E-state index in [0.29, 0.717) is 59.2 Å². The van der Waals surface area contributed by atoms with Gasteiger partial charge < -0.3 is 0 Å². The molecule has 2 aromatic carbocycles. The van der Waals surface area contributed by atoms with Crippen LogP contribution < -0.4 is 0 Å². The van der Waals surface area contributed by atoms with E-state index in [2.05, 4.69) is 239 Å². The number of hydrogen-bond acceptors (Lipinski definition) is 3. The third-order valence-corrected chi connectivity index (χ3v) is 12.0. The van der Waals surface area contributed by atoms with Crippen molar-refractivity contribution in [1.82, 2.24) is 9.97 Å². The summed E-state index contributed by atoms with van der Waals surface area (Å²) in [6, 6.07) is 32.9. The van der Waals surface area contributed by atoms with E-state index in [0.717, 1.165) is 0 Å². The van der Waals surface area contributed by atoms with Crippen molar-refractivity contribution in [2.24, 2.45) is 0 Å². The molecule has 0 amide bonds. The summed E-state index contributed by atoms with van der Waals surface area (Å²) in [5.74, 6) is 6.13. The number of thiophene rings is 1. The molecule has 3 heteroatoms. The Morgan fingerprint density at radius 2 is 0.609 bits per heavy atom. The second-order valence-corrected chi connectivity index (χ2v) is 20.3. The fraction of sp³-hybridized carbons (Fsp3) is 0.574. The molecule has 0 saturated carbocycles. The largest absolute Gasteiger partial charge is 0.261 e. The van der Waals surface area contributed by atoms with Crippen LogP contribution in [0.2, 0.25) is 0 Å². The number of hydrogen-bond donors (Lipinski definition) is 0. The molecular formula is C61H106N2S. The standard InChI is InChI=1S/2C12H18.2C11H17N.C10H16S.5CH4/c1-9(2)11-5-7-12(8-6-11)10(3)4;1-9(2)11-6-5-7-12(8-11)10(3)4;1-8(2)10-5-6-11(9(3)4)12-7-10;1-8(2)10-6-5-7-11(12-10)9(3)4;1-7(2)9-5-6-10(11-9)8(3)4;;;;;/h2*5-10H,1-4H3;2*5-9H,1-4H3;5-8H,1-4H3;5*1H4. The minimum absolute atomic E-state index is 0. The molecule has 0 saturated heterocycles. The first-order valence-corrected chi connectivity index (χ1v) is 23.6. The Labute approximate surface area is 406 Å². The van der Waals surface area contributed by atoms with Crippen molar-refractivity contribution in [2.75, 3.05) is 0 Å². The summed E-state index contributed by atoms with van der Waals surface area (Å²) in [5, 5.41) is 0. The molecular weight excluding hydrogens is 793 g/mol. The minimum Gasteiger partial charge on any atom is -0.261 e. The molecule has 5 aromatic rings. The number of aromatic nitrogens is 2. The summed E-state index contributed by atoms with van der Waals surface area (Å²) < 4.78 is 0. The highest BCUT2D eigenvalue weighted by Gasteiger charge is 2.07. The molecule has 3 aromatic heterocycles. The second-order valence-electron chi connectivity index (χ2n) is 19.1. The Bertz CT molecular complexity index is 1580. The van der Waals surface area contributed by atoms with Gasteiger partial charge in [-0.05, 0) is 117 Å². The number of benzene rings is 2. The topological polar surface area (TPSA) is 25.8 Å². The molecule has 0 N–H and O–H groups in total. The van der Waals surface area contributed by atoms with Crippen LogP contribution in [-0.4, -0.2) is 9.97 Å². The lowest BCUT2D eigenvalue weighted by Gasteiger charge is -2.09. The van der Waals surface area contributed by atoms with E-state index in [1.54, 1.807) is 0 Å². The summed E-state index contributed by atoms with van der Waals surface area (Å²) in [7, 11) is 0. The van der Waals surface area contributed by atoms with Gasteiger partial charge in [-0.15, -0.1) is 11.3 Å².